The maximum Gasteiger partial charge on any atom is 0.313 e. The molecule has 10 heavy (non-hydrogen) atoms. The van der Waals surface area contributed by atoms with Crippen LogP contribution in [0.1, 0.15) is 0 Å². The van der Waals surface area contributed by atoms with Crippen molar-refractivity contribution in [2.24, 2.45) is 17.6 Å². The molecule has 0 aromatic rings. The molecule has 0 heterocycles. The lowest BCUT2D eigenvalue weighted by molar-refractivity contribution is -0.140. The summed E-state index contributed by atoms with van der Waals surface area (Å²) >= 11 is 0. The topological polar surface area (TPSA) is 63.3 Å². The van der Waals surface area contributed by atoms with E-state index in [0.29, 0.717) is 0 Å². The van der Waals surface area contributed by atoms with E-state index in [4.69, 9.17) is 10.8 Å². The Morgan fingerprint density at radius 1 is 1.70 bits per heavy atom. The Morgan fingerprint density at radius 3 is 2.30 bits per heavy atom. The predicted octanol–water partition coefficient (Wildman–Crippen LogP) is -0.0890. The Hall–Kier alpha value is -0.710. The lowest BCUT2D eigenvalue weighted by Crippen LogP contribution is -2.07. The molecule has 3 nitrogen and oxygen atoms in total. The molecule has 1 fully saturated rings. The van der Waals surface area contributed by atoms with Gasteiger partial charge in [0.25, 0.3) is 5.92 Å². The highest BCUT2D eigenvalue weighted by atomic mass is 19.3. The van der Waals surface area contributed by atoms with Crippen LogP contribution < -0.4 is 5.73 Å². The molecule has 0 aromatic carbocycles. The zero-order valence-electron chi connectivity index (χ0n) is 5.05. The largest absolute Gasteiger partial charge is 0.481 e. The van der Waals surface area contributed by atoms with E-state index in [1.807, 2.05) is 0 Å². The molecule has 0 spiro atoms. The summed E-state index contributed by atoms with van der Waals surface area (Å²) in [6.45, 7) is -0.260. The average molecular weight is 151 g/mol. The maximum absolute atomic E-state index is 12.3. The molecule has 0 amide bonds. The summed E-state index contributed by atoms with van der Waals surface area (Å²) in [6.07, 6.45) is 0. The number of halogens is 2. The Bertz CT molecular complexity index is 171. The molecule has 0 aliphatic heterocycles. The first-order valence-corrected chi connectivity index (χ1v) is 2.82. The van der Waals surface area contributed by atoms with Crippen LogP contribution in [0.2, 0.25) is 0 Å². The Morgan fingerprint density at radius 2 is 2.20 bits per heavy atom. The van der Waals surface area contributed by atoms with Crippen LogP contribution in [0.4, 0.5) is 8.78 Å². The summed E-state index contributed by atoms with van der Waals surface area (Å²) in [7, 11) is 0. The van der Waals surface area contributed by atoms with Gasteiger partial charge in [0.05, 0.1) is 5.92 Å². The monoisotopic (exact) mass is 151 g/mol. The van der Waals surface area contributed by atoms with E-state index in [2.05, 4.69) is 0 Å². The Labute approximate surface area is 55.8 Å². The number of carboxylic acids is 1. The van der Waals surface area contributed by atoms with Gasteiger partial charge in [-0.3, -0.25) is 4.79 Å². The molecule has 5 heteroatoms. The maximum atomic E-state index is 12.3. The van der Waals surface area contributed by atoms with Gasteiger partial charge in [0, 0.05) is 6.54 Å². The van der Waals surface area contributed by atoms with Crippen molar-refractivity contribution in [1.82, 2.24) is 0 Å². The molecule has 2 atom stereocenters. The quantitative estimate of drug-likeness (QED) is 0.579. The van der Waals surface area contributed by atoms with Crippen LogP contribution in [0.5, 0.6) is 0 Å². The van der Waals surface area contributed by atoms with E-state index >= 15 is 0 Å². The number of carboxylic acid groups (broad SMARTS) is 1. The number of nitrogens with two attached hydrogens (primary N) is 1. The number of hydrogen-bond acceptors (Lipinski definition) is 2. The molecule has 0 unspecified atom stereocenters. The minimum Gasteiger partial charge on any atom is -0.481 e. The van der Waals surface area contributed by atoms with Crippen LogP contribution in [-0.4, -0.2) is 23.5 Å². The third-order valence-corrected chi connectivity index (χ3v) is 1.72. The highest BCUT2D eigenvalue weighted by Crippen LogP contribution is 2.54. The van der Waals surface area contributed by atoms with Gasteiger partial charge in [0.2, 0.25) is 0 Å². The first-order chi connectivity index (χ1) is 4.51. The smallest absolute Gasteiger partial charge is 0.313 e. The summed E-state index contributed by atoms with van der Waals surface area (Å²) in [4.78, 5) is 10.0. The van der Waals surface area contributed by atoms with Crippen molar-refractivity contribution in [1.29, 1.82) is 0 Å². The van der Waals surface area contributed by atoms with Crippen molar-refractivity contribution < 1.29 is 18.7 Å². The normalized spacial score (nSPS) is 35.5. The Balaban J connectivity index is 2.61. The summed E-state index contributed by atoms with van der Waals surface area (Å²) in [5.74, 6) is -7.22. The van der Waals surface area contributed by atoms with Gasteiger partial charge in [-0.2, -0.15) is 0 Å². The first-order valence-electron chi connectivity index (χ1n) is 2.82. The van der Waals surface area contributed by atoms with Crippen molar-refractivity contribution >= 4 is 5.97 Å². The second kappa shape index (κ2) is 1.88. The van der Waals surface area contributed by atoms with Crippen molar-refractivity contribution in [2.45, 2.75) is 5.92 Å². The lowest BCUT2D eigenvalue weighted by Gasteiger charge is -1.87. The van der Waals surface area contributed by atoms with Gasteiger partial charge in [-0.15, -0.1) is 0 Å². The molecular formula is C5H7F2NO2. The molecule has 1 aliphatic carbocycles. The number of rotatable bonds is 2. The molecule has 0 bridgehead atoms. The molecule has 3 N–H and O–H groups in total. The van der Waals surface area contributed by atoms with Crippen LogP contribution in [0, 0.1) is 11.8 Å². The summed E-state index contributed by atoms with van der Waals surface area (Å²) < 4.78 is 24.5. The molecule has 1 saturated carbocycles. The van der Waals surface area contributed by atoms with Gasteiger partial charge in [-0.1, -0.05) is 0 Å². The lowest BCUT2D eigenvalue weighted by atomic mass is 10.3. The third-order valence-electron chi connectivity index (χ3n) is 1.72. The number of alkyl halides is 2. The standard InChI is InChI=1S/C5H7F2NO2/c6-5(7)2(1-8)3(5)4(9)10/h2-3H,1,8H2,(H,9,10)/t2-,3-/m1/s1. The minimum absolute atomic E-state index is 0.260. The number of carbonyl (C=O) groups is 1. The molecule has 0 aromatic heterocycles. The second-order valence-corrected chi connectivity index (χ2v) is 2.33. The van der Waals surface area contributed by atoms with Crippen molar-refractivity contribution in [3.63, 3.8) is 0 Å². The van der Waals surface area contributed by atoms with Gasteiger partial charge in [-0.25, -0.2) is 8.78 Å². The number of aliphatic carboxylic acids is 1. The van der Waals surface area contributed by atoms with Gasteiger partial charge in [0.1, 0.15) is 5.92 Å². The van der Waals surface area contributed by atoms with E-state index in [-0.39, 0.29) is 6.54 Å². The van der Waals surface area contributed by atoms with E-state index < -0.39 is 23.7 Å². The van der Waals surface area contributed by atoms with Gasteiger partial charge >= 0.3 is 5.97 Å². The Kier molecular flexibility index (Phi) is 1.39. The fourth-order valence-corrected chi connectivity index (χ4v) is 1.02. The highest BCUT2D eigenvalue weighted by Gasteiger charge is 2.71. The number of hydrogen-bond donors (Lipinski definition) is 2. The summed E-state index contributed by atoms with van der Waals surface area (Å²) in [5, 5.41) is 8.15. The molecular weight excluding hydrogens is 144 g/mol. The average Bonchev–Trinajstić information content (AvgIpc) is 2.33. The van der Waals surface area contributed by atoms with Crippen LogP contribution in [0.15, 0.2) is 0 Å². The zero-order valence-corrected chi connectivity index (χ0v) is 5.05. The second-order valence-electron chi connectivity index (χ2n) is 2.33. The first kappa shape index (κ1) is 7.40. The van der Waals surface area contributed by atoms with Crippen LogP contribution in [0.3, 0.4) is 0 Å². The van der Waals surface area contributed by atoms with E-state index in [1.54, 1.807) is 0 Å². The molecule has 0 radical (unpaired) electrons. The van der Waals surface area contributed by atoms with Gasteiger partial charge < -0.3 is 10.8 Å². The van der Waals surface area contributed by atoms with Crippen molar-refractivity contribution in [3.05, 3.63) is 0 Å². The van der Waals surface area contributed by atoms with E-state index in [1.165, 1.54) is 0 Å². The molecule has 58 valence electrons. The fourth-order valence-electron chi connectivity index (χ4n) is 1.02. The third kappa shape index (κ3) is 0.775. The summed E-state index contributed by atoms with van der Waals surface area (Å²) in [5.41, 5.74) is 4.89. The fraction of sp³-hybridized carbons (Fsp3) is 0.800. The molecule has 1 rings (SSSR count). The van der Waals surface area contributed by atoms with Crippen molar-refractivity contribution in [3.8, 4) is 0 Å². The van der Waals surface area contributed by atoms with Crippen LogP contribution in [0.25, 0.3) is 0 Å². The SMILES string of the molecule is NC[C@@H]1[C@H](C(=O)O)C1(F)F. The minimum atomic E-state index is -3.07. The van der Waals surface area contributed by atoms with Crippen LogP contribution in [-0.2, 0) is 4.79 Å². The van der Waals surface area contributed by atoms with Crippen LogP contribution >= 0.6 is 0 Å². The van der Waals surface area contributed by atoms with Gasteiger partial charge in [0.15, 0.2) is 0 Å². The predicted molar refractivity (Wildman–Crippen MR) is 28.6 cm³/mol. The van der Waals surface area contributed by atoms with E-state index in [0.717, 1.165) is 0 Å². The summed E-state index contributed by atoms with van der Waals surface area (Å²) in [6, 6.07) is 0. The van der Waals surface area contributed by atoms with Crippen molar-refractivity contribution in [2.75, 3.05) is 6.54 Å². The van der Waals surface area contributed by atoms with E-state index in [9.17, 15) is 13.6 Å². The van der Waals surface area contributed by atoms with Gasteiger partial charge in [-0.05, 0) is 0 Å². The molecule has 0 saturated heterocycles. The molecule has 1 aliphatic rings. The highest BCUT2D eigenvalue weighted by molar-refractivity contribution is 5.76. The zero-order chi connectivity index (χ0) is 7.94.